The number of carboxylic acids is 1. The number of carboxylic acid groups (broad SMARTS) is 1. The van der Waals surface area contributed by atoms with Gasteiger partial charge in [0.1, 0.15) is 0 Å². The van der Waals surface area contributed by atoms with Gasteiger partial charge in [-0.25, -0.2) is 17.9 Å². The Balaban J connectivity index is 2.77. The lowest BCUT2D eigenvalue weighted by Crippen LogP contribution is -2.41. The number of nitrogens with one attached hydrogen (secondary N) is 3. The van der Waals surface area contributed by atoms with Gasteiger partial charge in [0.05, 0.1) is 11.3 Å². The van der Waals surface area contributed by atoms with Crippen LogP contribution in [-0.2, 0) is 21.4 Å². The van der Waals surface area contributed by atoms with Gasteiger partial charge in [-0.05, 0) is 32.4 Å². The van der Waals surface area contributed by atoms with Crippen molar-refractivity contribution in [3.05, 3.63) is 29.8 Å². The third kappa shape index (κ3) is 6.97. The van der Waals surface area contributed by atoms with Gasteiger partial charge in [-0.15, -0.1) is 0 Å². The number of sulfonamides is 1. The van der Waals surface area contributed by atoms with Gasteiger partial charge in [0.2, 0.25) is 10.0 Å². The Morgan fingerprint density at radius 1 is 1.12 bits per heavy atom. The van der Waals surface area contributed by atoms with Gasteiger partial charge in [-0.2, -0.15) is 0 Å². The van der Waals surface area contributed by atoms with Crippen LogP contribution in [0.3, 0.4) is 0 Å². The summed E-state index contributed by atoms with van der Waals surface area (Å²) >= 11 is 0. The van der Waals surface area contributed by atoms with Crippen LogP contribution >= 0.6 is 0 Å². The van der Waals surface area contributed by atoms with Crippen LogP contribution in [-0.4, -0.2) is 37.6 Å². The first-order chi connectivity index (χ1) is 11.0. The van der Waals surface area contributed by atoms with E-state index >= 15 is 0 Å². The van der Waals surface area contributed by atoms with Crippen LogP contribution in [0.4, 0.5) is 4.79 Å². The Morgan fingerprint density at radius 3 is 2.33 bits per heavy atom. The normalized spacial score (nSPS) is 11.8. The molecule has 134 valence electrons. The summed E-state index contributed by atoms with van der Waals surface area (Å²) in [5.41, 5.74) is -0.198. The summed E-state index contributed by atoms with van der Waals surface area (Å²) in [5.74, 6) is -1.01. The quantitative estimate of drug-likeness (QED) is 0.580. The average molecular weight is 357 g/mol. The second kappa shape index (κ2) is 8.11. The molecule has 0 aliphatic heterocycles. The fourth-order valence-electron chi connectivity index (χ4n) is 1.89. The van der Waals surface area contributed by atoms with E-state index in [0.717, 1.165) is 0 Å². The summed E-state index contributed by atoms with van der Waals surface area (Å²) in [6.07, 6.45) is -0.187. The number of hydrogen-bond acceptors (Lipinski definition) is 4. The van der Waals surface area contributed by atoms with Crippen molar-refractivity contribution in [2.45, 2.75) is 44.2 Å². The second-order valence-corrected chi connectivity index (χ2v) is 7.87. The number of hydrogen-bond donors (Lipinski definition) is 4. The van der Waals surface area contributed by atoms with E-state index in [9.17, 15) is 18.0 Å². The monoisotopic (exact) mass is 357 g/mol. The van der Waals surface area contributed by atoms with E-state index in [1.807, 2.05) is 0 Å². The third-order valence-electron chi connectivity index (χ3n) is 2.77. The number of amides is 2. The molecule has 24 heavy (non-hydrogen) atoms. The van der Waals surface area contributed by atoms with Crippen LogP contribution in [0.2, 0.25) is 0 Å². The van der Waals surface area contributed by atoms with Crippen LogP contribution in [0, 0.1) is 0 Å². The Hall–Kier alpha value is -2.13. The molecule has 0 spiro atoms. The number of carbonyl (C=O) groups excluding carboxylic acids is 1. The maximum Gasteiger partial charge on any atom is 0.315 e. The van der Waals surface area contributed by atoms with E-state index in [1.165, 1.54) is 6.07 Å². The highest BCUT2D eigenvalue weighted by Crippen LogP contribution is 2.17. The van der Waals surface area contributed by atoms with Crippen molar-refractivity contribution in [3.63, 3.8) is 0 Å². The van der Waals surface area contributed by atoms with E-state index < -0.39 is 27.6 Å². The summed E-state index contributed by atoms with van der Waals surface area (Å²) in [6.45, 7) is 5.21. The molecule has 1 rings (SSSR count). The van der Waals surface area contributed by atoms with Crippen LogP contribution < -0.4 is 15.4 Å². The van der Waals surface area contributed by atoms with E-state index in [2.05, 4.69) is 15.4 Å². The molecule has 0 heterocycles. The molecule has 0 aromatic heterocycles. The molecule has 0 radical (unpaired) electrons. The van der Waals surface area contributed by atoms with Crippen molar-refractivity contribution in [3.8, 4) is 0 Å². The first-order valence-corrected chi connectivity index (χ1v) is 8.85. The van der Waals surface area contributed by atoms with Gasteiger partial charge in [0, 0.05) is 18.6 Å². The van der Waals surface area contributed by atoms with Gasteiger partial charge in [0.15, 0.2) is 0 Å². The summed E-state index contributed by atoms with van der Waals surface area (Å²) < 4.78 is 27.5. The molecule has 0 bridgehead atoms. The van der Waals surface area contributed by atoms with Crippen LogP contribution in [0.5, 0.6) is 0 Å². The van der Waals surface area contributed by atoms with Gasteiger partial charge in [0.25, 0.3) is 0 Å². The number of rotatable bonds is 7. The average Bonchev–Trinajstić information content (AvgIpc) is 2.42. The molecule has 0 fully saturated rings. The largest absolute Gasteiger partial charge is 0.481 e. The van der Waals surface area contributed by atoms with E-state index in [1.54, 1.807) is 39.0 Å². The topological polar surface area (TPSA) is 125 Å². The third-order valence-corrected chi connectivity index (χ3v) is 4.62. The highest BCUT2D eigenvalue weighted by Gasteiger charge is 2.24. The number of aliphatic carboxylic acids is 1. The standard InChI is InChI=1S/C15H23N3O5S/c1-15(2,3)18-24(22,23)12-7-5-4-6-11(12)10-17-14(21)16-9-8-13(19)20/h4-7,18H,8-10H2,1-3H3,(H,19,20)(H2,16,17,21). The summed E-state index contributed by atoms with van der Waals surface area (Å²) in [5, 5.41) is 13.4. The molecule has 1 aromatic rings. The second-order valence-electron chi connectivity index (χ2n) is 6.22. The Bertz CT molecular complexity index is 695. The minimum atomic E-state index is -3.72. The molecular formula is C15H23N3O5S. The Labute approximate surface area is 141 Å². The molecule has 4 N–H and O–H groups in total. The lowest BCUT2D eigenvalue weighted by atomic mass is 10.1. The summed E-state index contributed by atoms with van der Waals surface area (Å²) in [4.78, 5) is 22.1. The number of urea groups is 1. The fourth-order valence-corrected chi connectivity index (χ4v) is 3.55. The van der Waals surface area contributed by atoms with E-state index in [0.29, 0.717) is 5.56 Å². The fraction of sp³-hybridized carbons (Fsp3) is 0.467. The SMILES string of the molecule is CC(C)(C)NS(=O)(=O)c1ccccc1CNC(=O)NCCC(=O)O. The summed E-state index contributed by atoms with van der Waals surface area (Å²) in [7, 11) is -3.72. The van der Waals surface area contributed by atoms with Gasteiger partial charge >= 0.3 is 12.0 Å². The molecule has 9 heteroatoms. The maximum atomic E-state index is 12.5. The van der Waals surface area contributed by atoms with E-state index in [4.69, 9.17) is 5.11 Å². The zero-order valence-electron chi connectivity index (χ0n) is 13.9. The molecule has 0 saturated heterocycles. The first kappa shape index (κ1) is 19.9. The maximum absolute atomic E-state index is 12.5. The highest BCUT2D eigenvalue weighted by molar-refractivity contribution is 7.89. The Kier molecular flexibility index (Phi) is 6.73. The molecule has 0 saturated carbocycles. The molecule has 1 aromatic carbocycles. The zero-order chi connectivity index (χ0) is 18.4. The minimum absolute atomic E-state index is 0.000130. The highest BCUT2D eigenvalue weighted by atomic mass is 32.2. The number of carbonyl (C=O) groups is 2. The van der Waals surface area contributed by atoms with Gasteiger partial charge < -0.3 is 15.7 Å². The van der Waals surface area contributed by atoms with Crippen molar-refractivity contribution in [1.29, 1.82) is 0 Å². The minimum Gasteiger partial charge on any atom is -0.481 e. The molecule has 0 aliphatic carbocycles. The van der Waals surface area contributed by atoms with Crippen molar-refractivity contribution in [1.82, 2.24) is 15.4 Å². The summed E-state index contributed by atoms with van der Waals surface area (Å²) in [6, 6.07) is 5.79. The van der Waals surface area contributed by atoms with Crippen molar-refractivity contribution in [2.75, 3.05) is 6.54 Å². The van der Waals surface area contributed by atoms with Crippen LogP contribution in [0.15, 0.2) is 29.2 Å². The molecule has 0 unspecified atom stereocenters. The van der Waals surface area contributed by atoms with Gasteiger partial charge in [-0.3, -0.25) is 4.79 Å². The van der Waals surface area contributed by atoms with Gasteiger partial charge in [-0.1, -0.05) is 18.2 Å². The Morgan fingerprint density at radius 2 is 1.75 bits per heavy atom. The predicted molar refractivity (Wildman–Crippen MR) is 89.0 cm³/mol. The van der Waals surface area contributed by atoms with Crippen molar-refractivity contribution < 1.29 is 23.1 Å². The van der Waals surface area contributed by atoms with E-state index in [-0.39, 0.29) is 24.4 Å². The zero-order valence-corrected chi connectivity index (χ0v) is 14.7. The molecule has 2 amide bonds. The van der Waals surface area contributed by atoms with Crippen molar-refractivity contribution >= 4 is 22.0 Å². The lowest BCUT2D eigenvalue weighted by Gasteiger charge is -2.21. The number of benzene rings is 1. The molecule has 0 aliphatic rings. The molecular weight excluding hydrogens is 334 g/mol. The molecule has 0 atom stereocenters. The predicted octanol–water partition coefficient (Wildman–Crippen LogP) is 1.04. The van der Waals surface area contributed by atoms with Crippen LogP contribution in [0.1, 0.15) is 32.8 Å². The lowest BCUT2D eigenvalue weighted by molar-refractivity contribution is -0.136. The molecule has 8 nitrogen and oxygen atoms in total. The smallest absolute Gasteiger partial charge is 0.315 e. The van der Waals surface area contributed by atoms with Crippen LogP contribution in [0.25, 0.3) is 0 Å². The van der Waals surface area contributed by atoms with Crippen molar-refractivity contribution in [2.24, 2.45) is 0 Å². The first-order valence-electron chi connectivity index (χ1n) is 7.37.